The third-order valence-corrected chi connectivity index (χ3v) is 7.39. The van der Waals surface area contributed by atoms with Crippen LogP contribution in [-0.2, 0) is 13.0 Å². The molecule has 4 rings (SSSR count). The summed E-state index contributed by atoms with van der Waals surface area (Å²) in [7, 11) is 5.08. The van der Waals surface area contributed by atoms with Crippen molar-refractivity contribution in [3.8, 4) is 11.5 Å². The van der Waals surface area contributed by atoms with Gasteiger partial charge in [-0.1, -0.05) is 36.8 Å². The van der Waals surface area contributed by atoms with E-state index in [0.717, 1.165) is 47.9 Å². The summed E-state index contributed by atoms with van der Waals surface area (Å²) in [5, 5.41) is 4.03. The Labute approximate surface area is 188 Å². The lowest BCUT2D eigenvalue weighted by atomic mass is 9.93. The SMILES string of the molecule is CNC(=O)c1sc2ccccc2c1C[C@@H]1CCCCN1Cc1cccc(OC)c1OC. The molecule has 0 saturated carbocycles. The number of benzene rings is 2. The Hall–Kier alpha value is -2.57. The number of hydrogen-bond acceptors (Lipinski definition) is 5. The maximum atomic E-state index is 12.6. The summed E-state index contributed by atoms with van der Waals surface area (Å²) < 4.78 is 12.3. The number of likely N-dealkylation sites (tertiary alicyclic amines) is 1. The molecular formula is C25H30N2O3S. The Morgan fingerprint density at radius 3 is 2.74 bits per heavy atom. The largest absolute Gasteiger partial charge is 0.493 e. The zero-order valence-corrected chi connectivity index (χ0v) is 19.3. The molecule has 0 unspecified atom stereocenters. The number of methoxy groups -OCH3 is 2. The molecule has 1 N–H and O–H groups in total. The maximum absolute atomic E-state index is 12.6. The summed E-state index contributed by atoms with van der Waals surface area (Å²) in [6.45, 7) is 1.85. The number of thiophene rings is 1. The van der Waals surface area contributed by atoms with Crippen LogP contribution in [0.15, 0.2) is 42.5 Å². The van der Waals surface area contributed by atoms with E-state index in [4.69, 9.17) is 9.47 Å². The van der Waals surface area contributed by atoms with Gasteiger partial charge in [0, 0.05) is 29.9 Å². The Morgan fingerprint density at radius 2 is 1.97 bits per heavy atom. The summed E-state index contributed by atoms with van der Waals surface area (Å²) in [5.41, 5.74) is 2.31. The lowest BCUT2D eigenvalue weighted by molar-refractivity contribution is 0.0964. The number of rotatable bonds is 7. The van der Waals surface area contributed by atoms with Crippen LogP contribution in [0.25, 0.3) is 10.1 Å². The molecule has 0 bridgehead atoms. The normalized spacial score (nSPS) is 16.9. The molecule has 0 spiro atoms. The minimum Gasteiger partial charge on any atom is -0.493 e. The Morgan fingerprint density at radius 1 is 1.13 bits per heavy atom. The molecule has 1 aromatic heterocycles. The number of amides is 1. The van der Waals surface area contributed by atoms with Gasteiger partial charge in [-0.3, -0.25) is 9.69 Å². The van der Waals surface area contributed by atoms with E-state index in [1.807, 2.05) is 18.2 Å². The van der Waals surface area contributed by atoms with E-state index in [1.165, 1.54) is 28.5 Å². The van der Waals surface area contributed by atoms with Gasteiger partial charge in [-0.15, -0.1) is 11.3 Å². The molecule has 1 saturated heterocycles. The monoisotopic (exact) mass is 438 g/mol. The minimum atomic E-state index is 0.00743. The number of nitrogens with zero attached hydrogens (tertiary/aromatic N) is 1. The summed E-state index contributed by atoms with van der Waals surface area (Å²) in [4.78, 5) is 16.0. The molecule has 31 heavy (non-hydrogen) atoms. The van der Waals surface area contributed by atoms with Crippen molar-refractivity contribution >= 4 is 27.3 Å². The number of fused-ring (bicyclic) bond motifs is 1. The van der Waals surface area contributed by atoms with Crippen LogP contribution in [0, 0.1) is 0 Å². The van der Waals surface area contributed by atoms with Crippen LogP contribution in [0.4, 0.5) is 0 Å². The van der Waals surface area contributed by atoms with Gasteiger partial charge in [0.2, 0.25) is 0 Å². The molecule has 0 radical (unpaired) electrons. The fourth-order valence-electron chi connectivity index (χ4n) is 4.63. The second-order valence-corrected chi connectivity index (χ2v) is 9.01. The topological polar surface area (TPSA) is 50.8 Å². The van der Waals surface area contributed by atoms with Crippen molar-refractivity contribution in [2.75, 3.05) is 27.8 Å². The third kappa shape index (κ3) is 4.41. The number of nitrogens with one attached hydrogen (secondary N) is 1. The van der Waals surface area contributed by atoms with Crippen molar-refractivity contribution in [3.63, 3.8) is 0 Å². The summed E-state index contributed by atoms with van der Waals surface area (Å²) in [5.74, 6) is 1.58. The van der Waals surface area contributed by atoms with Crippen LogP contribution in [-0.4, -0.2) is 44.7 Å². The van der Waals surface area contributed by atoms with Crippen LogP contribution in [0.5, 0.6) is 11.5 Å². The highest BCUT2D eigenvalue weighted by atomic mass is 32.1. The van der Waals surface area contributed by atoms with Crippen LogP contribution >= 0.6 is 11.3 Å². The molecule has 1 amide bonds. The van der Waals surface area contributed by atoms with Crippen molar-refractivity contribution in [1.82, 2.24) is 10.2 Å². The molecular weight excluding hydrogens is 408 g/mol. The summed E-state index contributed by atoms with van der Waals surface area (Å²) in [6.07, 6.45) is 4.41. The lowest BCUT2D eigenvalue weighted by Gasteiger charge is -2.36. The van der Waals surface area contributed by atoms with Crippen LogP contribution in [0.2, 0.25) is 0 Å². The highest BCUT2D eigenvalue weighted by molar-refractivity contribution is 7.21. The lowest BCUT2D eigenvalue weighted by Crippen LogP contribution is -2.40. The molecule has 164 valence electrons. The Bertz CT molecular complexity index is 1060. The molecule has 5 nitrogen and oxygen atoms in total. The van der Waals surface area contributed by atoms with Crippen LogP contribution in [0.3, 0.4) is 0 Å². The summed E-state index contributed by atoms with van der Waals surface area (Å²) in [6, 6.07) is 14.8. The second kappa shape index (κ2) is 9.71. The van der Waals surface area contributed by atoms with E-state index in [9.17, 15) is 4.79 Å². The first-order valence-electron chi connectivity index (χ1n) is 10.8. The number of ether oxygens (including phenoxy) is 2. The minimum absolute atomic E-state index is 0.00743. The van der Waals surface area contributed by atoms with Gasteiger partial charge in [-0.2, -0.15) is 0 Å². The smallest absolute Gasteiger partial charge is 0.261 e. The third-order valence-electron chi connectivity index (χ3n) is 6.18. The van der Waals surface area contributed by atoms with Gasteiger partial charge in [-0.25, -0.2) is 0 Å². The van der Waals surface area contributed by atoms with Gasteiger partial charge in [0.1, 0.15) is 0 Å². The van der Waals surface area contributed by atoms with E-state index in [1.54, 1.807) is 32.6 Å². The van der Waals surface area contributed by atoms with Gasteiger partial charge >= 0.3 is 0 Å². The molecule has 1 aliphatic rings. The summed E-state index contributed by atoms with van der Waals surface area (Å²) >= 11 is 1.59. The second-order valence-electron chi connectivity index (χ2n) is 7.96. The molecule has 0 aliphatic carbocycles. The predicted molar refractivity (Wildman–Crippen MR) is 127 cm³/mol. The molecule has 6 heteroatoms. The molecule has 1 atom stereocenters. The van der Waals surface area contributed by atoms with Crippen molar-refractivity contribution in [2.45, 2.75) is 38.3 Å². The number of carbonyl (C=O) groups is 1. The zero-order valence-electron chi connectivity index (χ0n) is 18.4. The average Bonchev–Trinajstić information content (AvgIpc) is 3.18. The first-order valence-corrected chi connectivity index (χ1v) is 11.6. The number of para-hydroxylation sites is 1. The first kappa shape index (κ1) is 21.7. The molecule has 1 fully saturated rings. The molecule has 2 heterocycles. The van der Waals surface area contributed by atoms with Gasteiger partial charge < -0.3 is 14.8 Å². The number of hydrogen-bond donors (Lipinski definition) is 1. The number of piperidine rings is 1. The fourth-order valence-corrected chi connectivity index (χ4v) is 5.81. The zero-order chi connectivity index (χ0) is 21.8. The van der Waals surface area contributed by atoms with Crippen LogP contribution < -0.4 is 14.8 Å². The van der Waals surface area contributed by atoms with E-state index in [0.29, 0.717) is 6.04 Å². The van der Waals surface area contributed by atoms with Gasteiger partial charge in [-0.05, 0) is 48.9 Å². The molecule has 3 aromatic rings. The highest BCUT2D eigenvalue weighted by Crippen LogP contribution is 2.36. The first-order chi connectivity index (χ1) is 15.2. The van der Waals surface area contributed by atoms with E-state index in [2.05, 4.69) is 34.5 Å². The van der Waals surface area contributed by atoms with Gasteiger partial charge in [0.05, 0.1) is 19.1 Å². The standard InChI is InChI=1S/C25H30N2O3S/c1-26-25(28)24-20(19-11-4-5-13-22(19)31-24)15-18-10-6-7-14-27(18)16-17-9-8-12-21(29-2)23(17)30-3/h4-5,8-9,11-13,18H,6-7,10,14-16H2,1-3H3,(H,26,28)/t18-/m0/s1. The van der Waals surface area contributed by atoms with E-state index >= 15 is 0 Å². The quantitative estimate of drug-likeness (QED) is 0.571. The number of carbonyl (C=O) groups excluding carboxylic acids is 1. The molecule has 2 aromatic carbocycles. The Kier molecular flexibility index (Phi) is 6.78. The predicted octanol–water partition coefficient (Wildman–Crippen LogP) is 4.88. The van der Waals surface area contributed by atoms with Crippen molar-refractivity contribution in [3.05, 3.63) is 58.5 Å². The van der Waals surface area contributed by atoms with E-state index < -0.39 is 0 Å². The Balaban J connectivity index is 1.65. The van der Waals surface area contributed by atoms with E-state index in [-0.39, 0.29) is 5.91 Å². The van der Waals surface area contributed by atoms with Crippen LogP contribution in [0.1, 0.15) is 40.1 Å². The van der Waals surface area contributed by atoms with Crippen molar-refractivity contribution in [2.24, 2.45) is 0 Å². The maximum Gasteiger partial charge on any atom is 0.261 e. The fraction of sp³-hybridized carbons (Fsp3) is 0.400. The molecule has 1 aliphatic heterocycles. The van der Waals surface area contributed by atoms with Gasteiger partial charge in [0.15, 0.2) is 11.5 Å². The van der Waals surface area contributed by atoms with Crippen molar-refractivity contribution in [1.29, 1.82) is 0 Å². The highest BCUT2D eigenvalue weighted by Gasteiger charge is 2.27. The van der Waals surface area contributed by atoms with Crippen molar-refractivity contribution < 1.29 is 14.3 Å². The van der Waals surface area contributed by atoms with Gasteiger partial charge in [0.25, 0.3) is 5.91 Å². The average molecular weight is 439 g/mol.